The van der Waals surface area contributed by atoms with Crippen LogP contribution in [0, 0.1) is 0 Å². The lowest BCUT2D eigenvalue weighted by Crippen LogP contribution is -2.31. The average molecular weight is 335 g/mol. The molecule has 1 aliphatic rings. The van der Waals surface area contributed by atoms with Crippen LogP contribution in [-0.2, 0) is 6.54 Å². The van der Waals surface area contributed by atoms with Crippen molar-refractivity contribution in [1.29, 1.82) is 0 Å². The first-order chi connectivity index (χ1) is 12.3. The molecule has 1 aliphatic heterocycles. The number of carbonyl (C=O) groups excluding carboxylic acids is 1. The van der Waals surface area contributed by atoms with Crippen LogP contribution in [0.25, 0.3) is 10.9 Å². The SMILES string of the molecule is COc1ccc(CNCC2CNC(=O)c3cccc4[nH]cc2c34)cc1. The fourth-order valence-corrected chi connectivity index (χ4v) is 3.46. The van der Waals surface area contributed by atoms with E-state index in [4.69, 9.17) is 4.74 Å². The van der Waals surface area contributed by atoms with E-state index in [1.165, 1.54) is 11.1 Å². The predicted molar refractivity (Wildman–Crippen MR) is 98.1 cm³/mol. The quantitative estimate of drug-likeness (QED) is 0.672. The molecule has 0 aliphatic carbocycles. The maximum absolute atomic E-state index is 12.3. The number of amides is 1. The summed E-state index contributed by atoms with van der Waals surface area (Å²) >= 11 is 0. The molecule has 0 radical (unpaired) electrons. The highest BCUT2D eigenvalue weighted by atomic mass is 16.5. The number of nitrogens with one attached hydrogen (secondary N) is 3. The molecule has 0 bridgehead atoms. The summed E-state index contributed by atoms with van der Waals surface area (Å²) in [5.74, 6) is 1.10. The molecule has 0 fully saturated rings. The molecule has 1 amide bonds. The molecule has 3 aromatic rings. The molecule has 0 saturated heterocycles. The second-order valence-corrected chi connectivity index (χ2v) is 6.36. The maximum Gasteiger partial charge on any atom is 0.251 e. The van der Waals surface area contributed by atoms with Gasteiger partial charge in [0.1, 0.15) is 5.75 Å². The Morgan fingerprint density at radius 3 is 2.84 bits per heavy atom. The molecule has 0 saturated carbocycles. The van der Waals surface area contributed by atoms with Crippen molar-refractivity contribution >= 4 is 16.8 Å². The Balaban J connectivity index is 1.50. The maximum atomic E-state index is 12.3. The van der Waals surface area contributed by atoms with E-state index < -0.39 is 0 Å². The topological polar surface area (TPSA) is 66.2 Å². The van der Waals surface area contributed by atoms with Crippen LogP contribution in [-0.4, -0.2) is 31.1 Å². The van der Waals surface area contributed by atoms with Gasteiger partial charge in [0, 0.05) is 48.2 Å². The third-order valence-electron chi connectivity index (χ3n) is 4.81. The number of ether oxygens (including phenoxy) is 1. The van der Waals surface area contributed by atoms with Gasteiger partial charge in [-0.05, 0) is 35.4 Å². The summed E-state index contributed by atoms with van der Waals surface area (Å²) in [6, 6.07) is 13.9. The molecule has 0 spiro atoms. The van der Waals surface area contributed by atoms with Gasteiger partial charge in [0.25, 0.3) is 5.91 Å². The summed E-state index contributed by atoms with van der Waals surface area (Å²) in [5.41, 5.74) is 4.18. The largest absolute Gasteiger partial charge is 0.497 e. The van der Waals surface area contributed by atoms with Gasteiger partial charge in [-0.1, -0.05) is 18.2 Å². The van der Waals surface area contributed by atoms with Crippen molar-refractivity contribution < 1.29 is 9.53 Å². The summed E-state index contributed by atoms with van der Waals surface area (Å²) < 4.78 is 5.19. The molecular weight excluding hydrogens is 314 g/mol. The molecule has 2 heterocycles. The van der Waals surface area contributed by atoms with Gasteiger partial charge in [-0.15, -0.1) is 0 Å². The fraction of sp³-hybridized carbons (Fsp3) is 0.250. The molecule has 4 rings (SSSR count). The van der Waals surface area contributed by atoms with Crippen molar-refractivity contribution in [2.45, 2.75) is 12.5 Å². The second kappa shape index (κ2) is 6.61. The number of hydrogen-bond donors (Lipinski definition) is 3. The van der Waals surface area contributed by atoms with Crippen LogP contribution < -0.4 is 15.4 Å². The lowest BCUT2D eigenvalue weighted by Gasteiger charge is -2.16. The van der Waals surface area contributed by atoms with Crippen LogP contribution in [0.3, 0.4) is 0 Å². The van der Waals surface area contributed by atoms with Gasteiger partial charge in [-0.2, -0.15) is 0 Å². The molecule has 128 valence electrons. The molecule has 1 aromatic heterocycles. The van der Waals surface area contributed by atoms with Gasteiger partial charge >= 0.3 is 0 Å². The van der Waals surface area contributed by atoms with Crippen molar-refractivity contribution in [1.82, 2.24) is 15.6 Å². The van der Waals surface area contributed by atoms with Crippen LogP contribution in [0.15, 0.2) is 48.7 Å². The van der Waals surface area contributed by atoms with Crippen molar-refractivity contribution in [3.63, 3.8) is 0 Å². The van der Waals surface area contributed by atoms with E-state index in [0.29, 0.717) is 6.54 Å². The van der Waals surface area contributed by atoms with Gasteiger partial charge < -0.3 is 20.4 Å². The second-order valence-electron chi connectivity index (χ2n) is 6.36. The number of hydrogen-bond acceptors (Lipinski definition) is 3. The zero-order valence-electron chi connectivity index (χ0n) is 14.1. The Morgan fingerprint density at radius 1 is 1.20 bits per heavy atom. The minimum atomic E-state index is 0.00380. The van der Waals surface area contributed by atoms with Crippen LogP contribution in [0.1, 0.15) is 27.4 Å². The Kier molecular flexibility index (Phi) is 4.15. The van der Waals surface area contributed by atoms with Gasteiger partial charge in [-0.3, -0.25) is 4.79 Å². The molecule has 25 heavy (non-hydrogen) atoms. The van der Waals surface area contributed by atoms with Gasteiger partial charge in [0.2, 0.25) is 0 Å². The van der Waals surface area contributed by atoms with Gasteiger partial charge in [-0.25, -0.2) is 0 Å². The number of methoxy groups -OCH3 is 1. The highest BCUT2D eigenvalue weighted by Gasteiger charge is 2.24. The first-order valence-electron chi connectivity index (χ1n) is 8.48. The van der Waals surface area contributed by atoms with Crippen molar-refractivity contribution in [2.24, 2.45) is 0 Å². The standard InChI is InChI=1S/C20H21N3O2/c1-25-15-7-5-13(6-8-15)9-21-10-14-11-23-20(24)16-3-2-4-18-19(16)17(14)12-22-18/h2-8,12,14,21-22H,9-11H2,1H3,(H,23,24). The number of aromatic nitrogens is 1. The third-order valence-corrected chi connectivity index (χ3v) is 4.81. The highest BCUT2D eigenvalue weighted by Crippen LogP contribution is 2.30. The molecule has 1 atom stereocenters. The number of rotatable bonds is 5. The fourth-order valence-electron chi connectivity index (χ4n) is 3.46. The third kappa shape index (κ3) is 2.98. The number of benzene rings is 2. The van der Waals surface area contributed by atoms with Crippen molar-refractivity contribution in [3.05, 3.63) is 65.4 Å². The number of aromatic amines is 1. The van der Waals surface area contributed by atoms with Crippen LogP contribution >= 0.6 is 0 Å². The smallest absolute Gasteiger partial charge is 0.251 e. The van der Waals surface area contributed by atoms with Crippen LogP contribution in [0.5, 0.6) is 5.75 Å². The zero-order valence-corrected chi connectivity index (χ0v) is 14.1. The van der Waals surface area contributed by atoms with E-state index in [9.17, 15) is 4.79 Å². The Labute approximate surface area is 146 Å². The van der Waals surface area contributed by atoms with E-state index in [1.54, 1.807) is 7.11 Å². The van der Waals surface area contributed by atoms with Crippen LogP contribution in [0.2, 0.25) is 0 Å². The first kappa shape index (κ1) is 15.7. The monoisotopic (exact) mass is 335 g/mol. The first-order valence-corrected chi connectivity index (χ1v) is 8.48. The van der Waals surface area contributed by atoms with Crippen molar-refractivity contribution in [2.75, 3.05) is 20.2 Å². The lowest BCUT2D eigenvalue weighted by molar-refractivity contribution is 0.0954. The summed E-state index contributed by atoms with van der Waals surface area (Å²) in [5, 5.41) is 7.60. The van der Waals surface area contributed by atoms with E-state index in [2.05, 4.69) is 27.8 Å². The molecule has 1 unspecified atom stereocenters. The zero-order chi connectivity index (χ0) is 17.2. The van der Waals surface area contributed by atoms with E-state index >= 15 is 0 Å². The van der Waals surface area contributed by atoms with Gasteiger partial charge in [0.05, 0.1) is 7.11 Å². The highest BCUT2D eigenvalue weighted by molar-refractivity contribution is 6.08. The van der Waals surface area contributed by atoms with E-state index in [-0.39, 0.29) is 11.8 Å². The molecule has 5 nitrogen and oxygen atoms in total. The summed E-state index contributed by atoms with van der Waals surface area (Å²) in [7, 11) is 1.67. The lowest BCUT2D eigenvalue weighted by atomic mass is 9.97. The molecule has 3 N–H and O–H groups in total. The minimum absolute atomic E-state index is 0.00380. The molecule has 2 aromatic carbocycles. The van der Waals surface area contributed by atoms with E-state index in [0.717, 1.165) is 35.3 Å². The number of carbonyl (C=O) groups is 1. The summed E-state index contributed by atoms with van der Waals surface area (Å²) in [6.45, 7) is 2.22. The average Bonchev–Trinajstić information content (AvgIpc) is 3.03. The minimum Gasteiger partial charge on any atom is -0.497 e. The summed E-state index contributed by atoms with van der Waals surface area (Å²) in [6.07, 6.45) is 2.04. The van der Waals surface area contributed by atoms with Gasteiger partial charge in [0.15, 0.2) is 0 Å². The number of H-pyrrole nitrogens is 1. The molecule has 5 heteroatoms. The van der Waals surface area contributed by atoms with Crippen molar-refractivity contribution in [3.8, 4) is 5.75 Å². The Bertz CT molecular complexity index is 899. The Hall–Kier alpha value is -2.79. The Morgan fingerprint density at radius 2 is 2.04 bits per heavy atom. The summed E-state index contributed by atoms with van der Waals surface area (Å²) in [4.78, 5) is 15.6. The predicted octanol–water partition coefficient (Wildman–Crippen LogP) is 2.79. The molecular formula is C20H21N3O2. The normalized spacial score (nSPS) is 16.5. The van der Waals surface area contributed by atoms with Crippen LogP contribution in [0.4, 0.5) is 0 Å². The van der Waals surface area contributed by atoms with E-state index in [1.807, 2.05) is 36.5 Å².